The van der Waals surface area contributed by atoms with Crippen LogP contribution in [-0.4, -0.2) is 29.4 Å². The Morgan fingerprint density at radius 3 is 2.00 bits per heavy atom. The second-order valence-corrected chi connectivity index (χ2v) is 6.32. The van der Waals surface area contributed by atoms with Gasteiger partial charge >= 0.3 is 5.97 Å². The molecule has 0 aliphatic heterocycles. The lowest BCUT2D eigenvalue weighted by atomic mass is 10.1. The summed E-state index contributed by atoms with van der Waals surface area (Å²) in [5.41, 5.74) is 2.21. The minimum atomic E-state index is -0.451. The zero-order valence-corrected chi connectivity index (χ0v) is 15.4. The summed E-state index contributed by atoms with van der Waals surface area (Å²) in [6.07, 6.45) is 1.12. The molecule has 0 saturated heterocycles. The minimum absolute atomic E-state index is 0.189. The molecule has 0 radical (unpaired) electrons. The number of para-hydroxylation sites is 1. The van der Waals surface area contributed by atoms with Crippen LogP contribution < -0.4 is 4.74 Å². The van der Waals surface area contributed by atoms with Crippen molar-refractivity contribution >= 4 is 5.97 Å². The van der Waals surface area contributed by atoms with E-state index >= 15 is 0 Å². The zero-order valence-electron chi connectivity index (χ0n) is 15.4. The van der Waals surface area contributed by atoms with Gasteiger partial charge in [-0.05, 0) is 47.5 Å². The first-order valence-electron chi connectivity index (χ1n) is 9.06. The Hall–Kier alpha value is -3.47. The molecule has 0 unspecified atom stereocenters. The zero-order chi connectivity index (χ0) is 19.8. The number of aromatic hydroxyl groups is 2. The summed E-state index contributed by atoms with van der Waals surface area (Å²) in [6, 6.07) is 20.8. The number of esters is 1. The molecular weight excluding hydrogens is 356 g/mol. The Kier molecular flexibility index (Phi) is 6.52. The molecule has 3 aromatic rings. The highest BCUT2D eigenvalue weighted by Crippen LogP contribution is 2.20. The lowest BCUT2D eigenvalue weighted by molar-refractivity contribution is 0.0504. The molecule has 0 spiro atoms. The van der Waals surface area contributed by atoms with E-state index in [1.807, 2.05) is 12.1 Å². The fraction of sp³-hybridized carbons (Fsp3) is 0.174. The summed E-state index contributed by atoms with van der Waals surface area (Å²) in [5.74, 6) is 0.417. The lowest BCUT2D eigenvalue weighted by Gasteiger charge is -2.11. The van der Waals surface area contributed by atoms with E-state index < -0.39 is 5.97 Å². The predicted molar refractivity (Wildman–Crippen MR) is 106 cm³/mol. The molecule has 0 fully saturated rings. The molecule has 0 aromatic heterocycles. The summed E-state index contributed by atoms with van der Waals surface area (Å²) in [7, 11) is 0. The first-order valence-corrected chi connectivity index (χ1v) is 9.06. The number of carbonyl (C=O) groups is 1. The molecule has 0 amide bonds. The van der Waals surface area contributed by atoms with Crippen molar-refractivity contribution in [3.8, 4) is 17.2 Å². The minimum Gasteiger partial charge on any atom is -0.508 e. The van der Waals surface area contributed by atoms with Crippen LogP contribution in [0.5, 0.6) is 17.2 Å². The Morgan fingerprint density at radius 2 is 1.36 bits per heavy atom. The van der Waals surface area contributed by atoms with Crippen LogP contribution in [0.4, 0.5) is 0 Å². The summed E-state index contributed by atoms with van der Waals surface area (Å²) < 4.78 is 11.1. The molecule has 0 aliphatic carbocycles. The highest BCUT2D eigenvalue weighted by molar-refractivity contribution is 5.92. The monoisotopic (exact) mass is 378 g/mol. The van der Waals surface area contributed by atoms with Gasteiger partial charge in [0.15, 0.2) is 0 Å². The Labute approximate surface area is 163 Å². The molecule has 0 atom stereocenters. The molecule has 0 heterocycles. The first kappa shape index (κ1) is 19.3. The maximum absolute atomic E-state index is 12.4. The van der Waals surface area contributed by atoms with E-state index in [2.05, 4.69) is 0 Å². The topological polar surface area (TPSA) is 76.0 Å². The van der Waals surface area contributed by atoms with Crippen molar-refractivity contribution in [3.63, 3.8) is 0 Å². The largest absolute Gasteiger partial charge is 0.508 e. The van der Waals surface area contributed by atoms with Crippen LogP contribution in [0.2, 0.25) is 0 Å². The summed E-state index contributed by atoms with van der Waals surface area (Å²) in [4.78, 5) is 12.4. The highest BCUT2D eigenvalue weighted by Gasteiger charge is 2.13. The van der Waals surface area contributed by atoms with Crippen LogP contribution in [0.25, 0.3) is 0 Å². The molecule has 3 rings (SSSR count). The highest BCUT2D eigenvalue weighted by atomic mass is 16.5. The van der Waals surface area contributed by atoms with Gasteiger partial charge in [-0.2, -0.15) is 0 Å². The molecular formula is C23H22O5. The van der Waals surface area contributed by atoms with E-state index in [9.17, 15) is 15.0 Å². The van der Waals surface area contributed by atoms with Gasteiger partial charge < -0.3 is 19.7 Å². The van der Waals surface area contributed by atoms with Crippen molar-refractivity contribution < 1.29 is 24.5 Å². The summed E-state index contributed by atoms with van der Waals surface area (Å²) in [6.45, 7) is 0.580. The molecule has 0 bridgehead atoms. The van der Waals surface area contributed by atoms with Gasteiger partial charge in [0.25, 0.3) is 0 Å². The molecule has 5 nitrogen and oxygen atoms in total. The fourth-order valence-corrected chi connectivity index (χ4v) is 2.80. The summed E-state index contributed by atoms with van der Waals surface area (Å²) in [5, 5.41) is 19.0. The van der Waals surface area contributed by atoms with Gasteiger partial charge in [0, 0.05) is 12.8 Å². The van der Waals surface area contributed by atoms with E-state index in [4.69, 9.17) is 9.47 Å². The number of phenols is 2. The smallest absolute Gasteiger partial charge is 0.341 e. The first-order chi connectivity index (χ1) is 13.6. The van der Waals surface area contributed by atoms with Crippen LogP contribution in [0, 0.1) is 0 Å². The third-order valence-corrected chi connectivity index (χ3v) is 4.20. The van der Waals surface area contributed by atoms with E-state index in [1.54, 1.807) is 60.7 Å². The van der Waals surface area contributed by atoms with Crippen LogP contribution in [0.3, 0.4) is 0 Å². The van der Waals surface area contributed by atoms with Crippen LogP contribution in [0.15, 0.2) is 72.8 Å². The van der Waals surface area contributed by atoms with Gasteiger partial charge in [-0.25, -0.2) is 4.79 Å². The van der Waals surface area contributed by atoms with Gasteiger partial charge in [-0.1, -0.05) is 36.4 Å². The maximum atomic E-state index is 12.4. The SMILES string of the molecule is O=C(OCCc1cccc(O)c1)c1ccccc1OCCc1cccc(O)c1. The molecule has 2 N–H and O–H groups in total. The fourth-order valence-electron chi connectivity index (χ4n) is 2.80. The number of carbonyl (C=O) groups excluding carboxylic acids is 1. The second-order valence-electron chi connectivity index (χ2n) is 6.32. The van der Waals surface area contributed by atoms with Crippen molar-refractivity contribution in [2.75, 3.05) is 13.2 Å². The summed E-state index contributed by atoms with van der Waals surface area (Å²) >= 11 is 0. The number of ether oxygens (including phenoxy) is 2. The Balaban J connectivity index is 1.54. The van der Waals surface area contributed by atoms with E-state index in [0.29, 0.717) is 30.8 Å². The van der Waals surface area contributed by atoms with Crippen LogP contribution >= 0.6 is 0 Å². The average molecular weight is 378 g/mol. The van der Waals surface area contributed by atoms with Gasteiger partial charge in [-0.15, -0.1) is 0 Å². The quantitative estimate of drug-likeness (QED) is 0.577. The second kappa shape index (κ2) is 9.46. The van der Waals surface area contributed by atoms with Gasteiger partial charge in [-0.3, -0.25) is 0 Å². The molecule has 0 saturated carbocycles. The molecule has 0 aliphatic rings. The third kappa shape index (κ3) is 5.51. The maximum Gasteiger partial charge on any atom is 0.341 e. The standard InChI is InChI=1S/C23H22O5/c24-19-7-3-5-17(15-19)11-13-27-22-10-2-1-9-21(22)23(26)28-14-12-18-6-4-8-20(25)16-18/h1-10,15-16,24-25H,11-14H2. The average Bonchev–Trinajstić information content (AvgIpc) is 2.68. The van der Waals surface area contributed by atoms with Gasteiger partial charge in [0.1, 0.15) is 22.8 Å². The molecule has 144 valence electrons. The van der Waals surface area contributed by atoms with Crippen molar-refractivity contribution in [2.45, 2.75) is 12.8 Å². The number of rotatable bonds is 8. The molecule has 3 aromatic carbocycles. The third-order valence-electron chi connectivity index (χ3n) is 4.20. The van der Waals surface area contributed by atoms with Crippen molar-refractivity contribution in [1.29, 1.82) is 0 Å². The number of phenolic OH excluding ortho intramolecular Hbond substituents is 2. The van der Waals surface area contributed by atoms with Crippen molar-refractivity contribution in [1.82, 2.24) is 0 Å². The van der Waals surface area contributed by atoms with E-state index in [0.717, 1.165) is 11.1 Å². The van der Waals surface area contributed by atoms with Crippen LogP contribution in [0.1, 0.15) is 21.5 Å². The predicted octanol–water partition coefficient (Wildman–Crippen LogP) is 4.12. The molecule has 28 heavy (non-hydrogen) atoms. The van der Waals surface area contributed by atoms with E-state index in [-0.39, 0.29) is 18.1 Å². The Bertz CT molecular complexity index is 936. The normalized spacial score (nSPS) is 10.4. The van der Waals surface area contributed by atoms with Gasteiger partial charge in [0.2, 0.25) is 0 Å². The van der Waals surface area contributed by atoms with Crippen molar-refractivity contribution in [3.05, 3.63) is 89.5 Å². The van der Waals surface area contributed by atoms with E-state index in [1.165, 1.54) is 0 Å². The lowest BCUT2D eigenvalue weighted by Crippen LogP contribution is -2.11. The number of benzene rings is 3. The van der Waals surface area contributed by atoms with Gasteiger partial charge in [0.05, 0.1) is 13.2 Å². The number of hydrogen-bond donors (Lipinski definition) is 2. The van der Waals surface area contributed by atoms with Crippen molar-refractivity contribution in [2.24, 2.45) is 0 Å². The Morgan fingerprint density at radius 1 is 0.750 bits per heavy atom. The molecule has 5 heteroatoms. The van der Waals surface area contributed by atoms with Crippen LogP contribution in [-0.2, 0) is 17.6 Å². The number of hydrogen-bond acceptors (Lipinski definition) is 5.